The third kappa shape index (κ3) is 3.44. The lowest BCUT2D eigenvalue weighted by Crippen LogP contribution is -2.25. The van der Waals surface area contributed by atoms with Crippen molar-refractivity contribution in [1.29, 1.82) is 0 Å². The van der Waals surface area contributed by atoms with E-state index in [1.165, 1.54) is 16.7 Å². The van der Waals surface area contributed by atoms with Gasteiger partial charge in [0, 0.05) is 17.0 Å². The molecule has 0 amide bonds. The number of aromatic amines is 1. The molecule has 5 rings (SSSR count). The molecule has 1 N–H and O–H groups in total. The van der Waals surface area contributed by atoms with E-state index in [0.29, 0.717) is 13.2 Å². The lowest BCUT2D eigenvalue weighted by atomic mass is 9.98. The average molecular weight is 402 g/mol. The van der Waals surface area contributed by atoms with Gasteiger partial charge in [-0.3, -0.25) is 0 Å². The summed E-state index contributed by atoms with van der Waals surface area (Å²) in [6, 6.07) is 14.9. The molecular formula is C25H26N2O3. The van der Waals surface area contributed by atoms with Crippen molar-refractivity contribution in [1.82, 2.24) is 9.97 Å². The molecule has 5 heteroatoms. The molecule has 154 valence electrons. The van der Waals surface area contributed by atoms with Gasteiger partial charge in [-0.2, -0.15) is 0 Å². The molecule has 0 aliphatic carbocycles. The zero-order valence-electron chi connectivity index (χ0n) is 17.8. The zero-order valence-corrected chi connectivity index (χ0v) is 17.8. The van der Waals surface area contributed by atoms with Crippen LogP contribution in [0, 0.1) is 13.8 Å². The summed E-state index contributed by atoms with van der Waals surface area (Å²) in [6.07, 6.45) is 1.80. The fourth-order valence-corrected chi connectivity index (χ4v) is 4.17. The van der Waals surface area contributed by atoms with Gasteiger partial charge in [-0.1, -0.05) is 29.8 Å². The fourth-order valence-electron chi connectivity index (χ4n) is 4.17. The van der Waals surface area contributed by atoms with E-state index in [-0.39, 0.29) is 6.10 Å². The molecule has 3 heterocycles. The minimum absolute atomic E-state index is 0.0868. The Labute approximate surface area is 176 Å². The van der Waals surface area contributed by atoms with Gasteiger partial charge in [0.2, 0.25) is 0 Å². The number of hydrogen-bond acceptors (Lipinski definition) is 4. The van der Waals surface area contributed by atoms with Crippen molar-refractivity contribution in [2.75, 3.05) is 13.2 Å². The molecule has 1 fully saturated rings. The van der Waals surface area contributed by atoms with E-state index in [0.717, 1.165) is 33.2 Å². The van der Waals surface area contributed by atoms with Gasteiger partial charge in [0.25, 0.3) is 0 Å². The summed E-state index contributed by atoms with van der Waals surface area (Å²) >= 11 is 0. The molecule has 1 atom stereocenters. The van der Waals surface area contributed by atoms with Crippen LogP contribution in [0.5, 0.6) is 5.75 Å². The van der Waals surface area contributed by atoms with E-state index < -0.39 is 5.79 Å². The molecule has 0 bridgehead atoms. The van der Waals surface area contributed by atoms with E-state index in [1.807, 2.05) is 26.1 Å². The van der Waals surface area contributed by atoms with Gasteiger partial charge in [0.1, 0.15) is 24.1 Å². The van der Waals surface area contributed by atoms with Crippen molar-refractivity contribution < 1.29 is 14.2 Å². The third-order valence-corrected chi connectivity index (χ3v) is 5.53. The molecule has 1 unspecified atom stereocenters. The average Bonchev–Trinajstić information content (AvgIpc) is 3.26. The molecule has 0 radical (unpaired) electrons. The molecule has 0 saturated carbocycles. The van der Waals surface area contributed by atoms with Crippen molar-refractivity contribution in [3.8, 4) is 16.9 Å². The van der Waals surface area contributed by atoms with Gasteiger partial charge in [0.15, 0.2) is 5.79 Å². The molecule has 0 spiro atoms. The number of rotatable bonds is 4. The van der Waals surface area contributed by atoms with Gasteiger partial charge in [-0.15, -0.1) is 0 Å². The standard InChI is InChI=1S/C25H26N2O3/c1-15-6-5-7-17(10-15)19-8-9-21(28-13-18-14-29-25(3,4)30-18)23-22(19)20-11-16(2)12-26-24(20)27-23/h5-12,18H,13-14H2,1-4H3,(H,26,27). The summed E-state index contributed by atoms with van der Waals surface area (Å²) in [5, 5.41) is 2.24. The molecule has 2 aromatic carbocycles. The Morgan fingerprint density at radius 3 is 2.77 bits per heavy atom. The molecule has 2 aromatic heterocycles. The van der Waals surface area contributed by atoms with E-state index >= 15 is 0 Å². The largest absolute Gasteiger partial charge is 0.489 e. The maximum atomic E-state index is 6.21. The Morgan fingerprint density at radius 2 is 2.00 bits per heavy atom. The number of aromatic nitrogens is 2. The number of pyridine rings is 1. The second-order valence-corrected chi connectivity index (χ2v) is 8.53. The number of hydrogen-bond donors (Lipinski definition) is 1. The first kappa shape index (κ1) is 19.1. The van der Waals surface area contributed by atoms with E-state index in [4.69, 9.17) is 14.2 Å². The third-order valence-electron chi connectivity index (χ3n) is 5.53. The van der Waals surface area contributed by atoms with Crippen LogP contribution in [-0.2, 0) is 9.47 Å². The topological polar surface area (TPSA) is 56.4 Å². The Bertz CT molecular complexity index is 1240. The van der Waals surface area contributed by atoms with Gasteiger partial charge in [-0.25, -0.2) is 4.98 Å². The van der Waals surface area contributed by atoms with E-state index in [2.05, 4.69) is 60.2 Å². The maximum absolute atomic E-state index is 6.21. The van der Waals surface area contributed by atoms with Gasteiger partial charge < -0.3 is 19.2 Å². The SMILES string of the molecule is Cc1cccc(-c2ccc(OCC3COC(C)(C)O3)c3[nH]c4ncc(C)cc4c23)c1. The van der Waals surface area contributed by atoms with Crippen molar-refractivity contribution in [2.24, 2.45) is 0 Å². The fraction of sp³-hybridized carbons (Fsp3) is 0.320. The predicted octanol–water partition coefficient (Wildman–Crippen LogP) is 5.53. The van der Waals surface area contributed by atoms with Crippen LogP contribution >= 0.6 is 0 Å². The number of benzene rings is 2. The molecule has 5 nitrogen and oxygen atoms in total. The molecule has 1 aliphatic heterocycles. The second-order valence-electron chi connectivity index (χ2n) is 8.53. The molecule has 4 aromatic rings. The summed E-state index contributed by atoms with van der Waals surface area (Å²) < 4.78 is 17.8. The van der Waals surface area contributed by atoms with Crippen LogP contribution in [-0.4, -0.2) is 35.1 Å². The maximum Gasteiger partial charge on any atom is 0.163 e. The highest BCUT2D eigenvalue weighted by Gasteiger charge is 2.33. The van der Waals surface area contributed by atoms with Crippen molar-refractivity contribution in [3.05, 3.63) is 59.8 Å². The summed E-state index contributed by atoms with van der Waals surface area (Å²) in [4.78, 5) is 8.09. The van der Waals surface area contributed by atoms with E-state index in [1.54, 1.807) is 0 Å². The van der Waals surface area contributed by atoms with Crippen LogP contribution in [0.3, 0.4) is 0 Å². The van der Waals surface area contributed by atoms with Crippen LogP contribution < -0.4 is 4.74 Å². The predicted molar refractivity (Wildman–Crippen MR) is 119 cm³/mol. The van der Waals surface area contributed by atoms with Crippen LogP contribution in [0.25, 0.3) is 33.1 Å². The molecule has 30 heavy (non-hydrogen) atoms. The molecule has 1 aliphatic rings. The number of fused-ring (bicyclic) bond motifs is 3. The minimum Gasteiger partial charge on any atom is -0.489 e. The highest BCUT2D eigenvalue weighted by molar-refractivity contribution is 6.15. The normalized spacial score (nSPS) is 18.3. The highest BCUT2D eigenvalue weighted by Crippen LogP contribution is 2.39. The van der Waals surface area contributed by atoms with Crippen LogP contribution in [0.4, 0.5) is 0 Å². The molecule has 1 saturated heterocycles. The number of nitrogens with one attached hydrogen (secondary N) is 1. The number of aryl methyl sites for hydroxylation is 2. The first-order valence-electron chi connectivity index (χ1n) is 10.3. The van der Waals surface area contributed by atoms with Gasteiger partial charge >= 0.3 is 0 Å². The van der Waals surface area contributed by atoms with Crippen LogP contribution in [0.1, 0.15) is 25.0 Å². The van der Waals surface area contributed by atoms with Crippen molar-refractivity contribution in [3.63, 3.8) is 0 Å². The van der Waals surface area contributed by atoms with Crippen molar-refractivity contribution in [2.45, 2.75) is 39.6 Å². The number of ether oxygens (including phenoxy) is 3. The van der Waals surface area contributed by atoms with Crippen molar-refractivity contribution >= 4 is 21.9 Å². The first-order valence-corrected chi connectivity index (χ1v) is 10.3. The van der Waals surface area contributed by atoms with Crippen LogP contribution in [0.2, 0.25) is 0 Å². The summed E-state index contributed by atoms with van der Waals surface area (Å²) in [7, 11) is 0. The highest BCUT2D eigenvalue weighted by atomic mass is 16.7. The summed E-state index contributed by atoms with van der Waals surface area (Å²) in [5.74, 6) is 0.242. The quantitative estimate of drug-likeness (QED) is 0.488. The lowest BCUT2D eigenvalue weighted by molar-refractivity contribution is -0.141. The Kier molecular flexibility index (Phi) is 4.53. The summed E-state index contributed by atoms with van der Waals surface area (Å²) in [6.45, 7) is 9.00. The Morgan fingerprint density at radius 1 is 1.13 bits per heavy atom. The first-order chi connectivity index (χ1) is 14.4. The number of H-pyrrole nitrogens is 1. The van der Waals surface area contributed by atoms with Crippen LogP contribution in [0.15, 0.2) is 48.7 Å². The lowest BCUT2D eigenvalue weighted by Gasteiger charge is -2.17. The van der Waals surface area contributed by atoms with Gasteiger partial charge in [0.05, 0.1) is 12.1 Å². The van der Waals surface area contributed by atoms with E-state index in [9.17, 15) is 0 Å². The smallest absolute Gasteiger partial charge is 0.163 e. The Hall–Kier alpha value is -2.89. The minimum atomic E-state index is -0.555. The Balaban J connectivity index is 1.61. The monoisotopic (exact) mass is 402 g/mol. The molecular weight excluding hydrogens is 376 g/mol. The number of nitrogens with zero attached hydrogens (tertiary/aromatic N) is 1. The van der Waals surface area contributed by atoms with Gasteiger partial charge in [-0.05, 0) is 62.6 Å². The second kappa shape index (κ2) is 7.11. The zero-order chi connectivity index (χ0) is 20.9. The summed E-state index contributed by atoms with van der Waals surface area (Å²) in [5.41, 5.74) is 6.53.